The van der Waals surface area contributed by atoms with Gasteiger partial charge in [0, 0.05) is 43.9 Å². The summed E-state index contributed by atoms with van der Waals surface area (Å²) in [5, 5.41) is 0. The van der Waals surface area contributed by atoms with Gasteiger partial charge in [0.1, 0.15) is 5.82 Å². The SMILES string of the molecule is CN1C(=O)CC[C@@]2(C)C1=CC[C@@H]1[C@@H]2CC[C@]2(C)C(c3ccc(N4CCOCC4)nc3)=CC[C@@H]12. The third-order valence-electron chi connectivity index (χ3n) is 9.99. The molecule has 1 amide bonds. The van der Waals surface area contributed by atoms with Gasteiger partial charge in [0.25, 0.3) is 0 Å². The second-order valence-corrected chi connectivity index (χ2v) is 11.4. The summed E-state index contributed by atoms with van der Waals surface area (Å²) in [4.78, 5) is 21.5. The summed E-state index contributed by atoms with van der Waals surface area (Å²) in [6.45, 7) is 8.38. The van der Waals surface area contributed by atoms with Gasteiger partial charge in [0.2, 0.25) is 5.91 Å². The molecular formula is C28H37N3O2. The molecule has 3 fully saturated rings. The van der Waals surface area contributed by atoms with E-state index in [1.807, 2.05) is 11.9 Å². The maximum absolute atomic E-state index is 12.4. The highest BCUT2D eigenvalue weighted by Gasteiger charge is 2.57. The molecule has 6 rings (SSSR count). The molecule has 3 aliphatic carbocycles. The normalized spacial score (nSPS) is 38.3. The fourth-order valence-electron chi connectivity index (χ4n) is 8.12. The Morgan fingerprint density at radius 3 is 2.61 bits per heavy atom. The summed E-state index contributed by atoms with van der Waals surface area (Å²) < 4.78 is 5.49. The van der Waals surface area contributed by atoms with Crippen molar-refractivity contribution < 1.29 is 9.53 Å². The van der Waals surface area contributed by atoms with Crippen LogP contribution in [0.5, 0.6) is 0 Å². The van der Waals surface area contributed by atoms with Gasteiger partial charge >= 0.3 is 0 Å². The molecule has 5 nitrogen and oxygen atoms in total. The predicted octanol–water partition coefficient (Wildman–Crippen LogP) is 4.90. The molecule has 0 N–H and O–H groups in total. The van der Waals surface area contributed by atoms with Gasteiger partial charge in [-0.1, -0.05) is 26.0 Å². The Hall–Kier alpha value is -2.14. The molecule has 3 heterocycles. The first-order valence-corrected chi connectivity index (χ1v) is 12.9. The number of carbonyl (C=O) groups is 1. The van der Waals surface area contributed by atoms with Crippen LogP contribution < -0.4 is 4.90 Å². The molecule has 1 aromatic rings. The lowest BCUT2D eigenvalue weighted by Crippen LogP contribution is -2.53. The van der Waals surface area contributed by atoms with E-state index in [-0.39, 0.29) is 16.7 Å². The van der Waals surface area contributed by atoms with Crippen LogP contribution in [0.4, 0.5) is 5.82 Å². The van der Waals surface area contributed by atoms with Crippen molar-refractivity contribution in [3.05, 3.63) is 41.7 Å². The standard InChI is InChI=1S/C28H37N3O2/c1-27-12-10-23-20(5-8-24-28(23,2)13-11-26(32)30(24)3)22(27)7-6-21(27)19-4-9-25(29-18-19)31-14-16-33-17-15-31/h4,6,8-9,18,20,22-23H,5,7,10-17H2,1-3H3/t20-,22-,23-,27+,28+/m0/s1. The number of nitrogens with zero attached hydrogens (tertiary/aromatic N) is 3. The van der Waals surface area contributed by atoms with E-state index in [0.29, 0.717) is 24.2 Å². The van der Waals surface area contributed by atoms with Gasteiger partial charge in [-0.15, -0.1) is 0 Å². The number of ether oxygens (including phenoxy) is 1. The van der Waals surface area contributed by atoms with Crippen LogP contribution in [0.1, 0.15) is 57.9 Å². The molecule has 2 saturated heterocycles. The predicted molar refractivity (Wildman–Crippen MR) is 130 cm³/mol. The van der Waals surface area contributed by atoms with Gasteiger partial charge < -0.3 is 14.5 Å². The largest absolute Gasteiger partial charge is 0.378 e. The lowest BCUT2D eigenvalue weighted by atomic mass is 9.49. The molecule has 5 heteroatoms. The first-order valence-electron chi connectivity index (χ1n) is 12.9. The van der Waals surface area contributed by atoms with Crippen LogP contribution in [0.2, 0.25) is 0 Å². The van der Waals surface area contributed by atoms with Crippen molar-refractivity contribution in [1.82, 2.24) is 9.88 Å². The molecule has 1 aromatic heterocycles. The molecule has 5 atom stereocenters. The number of aromatic nitrogens is 1. The van der Waals surface area contributed by atoms with E-state index in [2.05, 4.69) is 49.2 Å². The molecule has 176 valence electrons. The first kappa shape index (κ1) is 21.4. The quantitative estimate of drug-likeness (QED) is 0.647. The minimum atomic E-state index is 0.150. The van der Waals surface area contributed by atoms with E-state index < -0.39 is 0 Å². The Labute approximate surface area is 197 Å². The summed E-state index contributed by atoms with van der Waals surface area (Å²) in [6, 6.07) is 4.50. The van der Waals surface area contributed by atoms with Crippen LogP contribution in [0.25, 0.3) is 5.57 Å². The number of hydrogen-bond donors (Lipinski definition) is 0. The van der Waals surface area contributed by atoms with Crippen molar-refractivity contribution in [2.45, 2.75) is 52.4 Å². The number of anilines is 1. The summed E-state index contributed by atoms with van der Waals surface area (Å²) in [5.41, 5.74) is 4.50. The number of morpholine rings is 1. The average molecular weight is 448 g/mol. The summed E-state index contributed by atoms with van der Waals surface area (Å²) in [6.07, 6.45) is 13.5. The van der Waals surface area contributed by atoms with Crippen molar-refractivity contribution in [3.63, 3.8) is 0 Å². The van der Waals surface area contributed by atoms with E-state index in [0.717, 1.165) is 45.0 Å². The van der Waals surface area contributed by atoms with E-state index in [1.54, 1.807) is 0 Å². The molecule has 0 bridgehead atoms. The van der Waals surface area contributed by atoms with Crippen LogP contribution in [-0.2, 0) is 9.53 Å². The zero-order valence-corrected chi connectivity index (χ0v) is 20.3. The summed E-state index contributed by atoms with van der Waals surface area (Å²) in [7, 11) is 1.99. The number of fused-ring (bicyclic) bond motifs is 5. The highest BCUT2D eigenvalue weighted by atomic mass is 16.5. The molecule has 33 heavy (non-hydrogen) atoms. The first-order chi connectivity index (χ1) is 15.9. The topological polar surface area (TPSA) is 45.7 Å². The average Bonchev–Trinajstić information content (AvgIpc) is 3.20. The molecule has 5 aliphatic rings. The molecular weight excluding hydrogens is 410 g/mol. The van der Waals surface area contributed by atoms with Gasteiger partial charge in [0.15, 0.2) is 0 Å². The summed E-state index contributed by atoms with van der Waals surface area (Å²) in [5.74, 6) is 3.42. The third-order valence-corrected chi connectivity index (χ3v) is 9.99. The second-order valence-electron chi connectivity index (χ2n) is 11.4. The van der Waals surface area contributed by atoms with Crippen molar-refractivity contribution in [3.8, 4) is 0 Å². The van der Waals surface area contributed by atoms with E-state index in [1.165, 1.54) is 36.1 Å². The molecule has 2 aliphatic heterocycles. The smallest absolute Gasteiger partial charge is 0.226 e. The Morgan fingerprint density at radius 1 is 1.03 bits per heavy atom. The maximum atomic E-state index is 12.4. The number of piperidine rings is 1. The zero-order valence-electron chi connectivity index (χ0n) is 20.3. The number of likely N-dealkylation sites (tertiary alicyclic amines) is 1. The van der Waals surface area contributed by atoms with Crippen molar-refractivity contribution in [2.75, 3.05) is 38.3 Å². The van der Waals surface area contributed by atoms with E-state index >= 15 is 0 Å². The molecule has 0 spiro atoms. The third kappa shape index (κ3) is 3.14. The Balaban J connectivity index is 1.25. The van der Waals surface area contributed by atoms with Gasteiger partial charge in [0.05, 0.1) is 13.2 Å². The number of carbonyl (C=O) groups excluding carboxylic acids is 1. The van der Waals surface area contributed by atoms with Crippen molar-refractivity contribution >= 4 is 17.3 Å². The lowest BCUT2D eigenvalue weighted by molar-refractivity contribution is -0.135. The van der Waals surface area contributed by atoms with Crippen molar-refractivity contribution in [1.29, 1.82) is 0 Å². The maximum Gasteiger partial charge on any atom is 0.226 e. The summed E-state index contributed by atoms with van der Waals surface area (Å²) >= 11 is 0. The molecule has 1 saturated carbocycles. The number of pyridine rings is 1. The van der Waals surface area contributed by atoms with Gasteiger partial charge in [-0.3, -0.25) is 4.79 Å². The molecule has 0 unspecified atom stereocenters. The minimum Gasteiger partial charge on any atom is -0.378 e. The van der Waals surface area contributed by atoms with Crippen LogP contribution in [0.15, 0.2) is 36.2 Å². The van der Waals surface area contributed by atoms with E-state index in [4.69, 9.17) is 9.72 Å². The van der Waals surface area contributed by atoms with Crippen molar-refractivity contribution in [2.24, 2.45) is 28.6 Å². The highest BCUT2D eigenvalue weighted by molar-refractivity contribution is 5.79. The lowest BCUT2D eigenvalue weighted by Gasteiger charge is -2.58. The number of allylic oxidation sites excluding steroid dienone is 4. The van der Waals surface area contributed by atoms with Gasteiger partial charge in [-0.25, -0.2) is 4.98 Å². The van der Waals surface area contributed by atoms with Crippen LogP contribution in [0.3, 0.4) is 0 Å². The van der Waals surface area contributed by atoms with Crippen LogP contribution in [-0.4, -0.2) is 49.1 Å². The van der Waals surface area contributed by atoms with E-state index in [9.17, 15) is 4.79 Å². The minimum absolute atomic E-state index is 0.150. The molecule has 0 aromatic carbocycles. The van der Waals surface area contributed by atoms with Gasteiger partial charge in [-0.2, -0.15) is 0 Å². The number of hydrogen-bond acceptors (Lipinski definition) is 4. The fourth-order valence-corrected chi connectivity index (χ4v) is 8.12. The number of amides is 1. The number of rotatable bonds is 2. The zero-order chi connectivity index (χ0) is 22.8. The Bertz CT molecular complexity index is 1010. The van der Waals surface area contributed by atoms with Gasteiger partial charge in [-0.05, 0) is 78.5 Å². The second kappa shape index (κ2) is 7.69. The highest BCUT2D eigenvalue weighted by Crippen LogP contribution is 2.65. The fraction of sp³-hybridized carbons (Fsp3) is 0.643. The van der Waals surface area contributed by atoms with Crippen LogP contribution in [0, 0.1) is 28.6 Å². The Morgan fingerprint density at radius 2 is 1.85 bits per heavy atom. The van der Waals surface area contributed by atoms with Crippen LogP contribution >= 0.6 is 0 Å². The Kier molecular flexibility index (Phi) is 4.99. The monoisotopic (exact) mass is 447 g/mol. The molecule has 0 radical (unpaired) electrons.